The molecule has 0 radical (unpaired) electrons. The van der Waals surface area contributed by atoms with Crippen molar-refractivity contribution in [2.45, 2.75) is 13.8 Å². The lowest BCUT2D eigenvalue weighted by Crippen LogP contribution is -2.36. The molecule has 1 aromatic rings. The first-order valence-electron chi connectivity index (χ1n) is 5.72. The fourth-order valence-corrected chi connectivity index (χ4v) is 2.12. The Hall–Kier alpha value is -1.36. The number of hydrogen-bond donors (Lipinski definition) is 1. The van der Waals surface area contributed by atoms with E-state index in [-0.39, 0.29) is 6.54 Å². The molecule has 0 saturated heterocycles. The molecular formula is C13H17BrN2O2. The fraction of sp³-hybridized carbons (Fsp3) is 0.385. The quantitative estimate of drug-likeness (QED) is 0.819. The minimum atomic E-state index is -0.410. The van der Waals surface area contributed by atoms with Gasteiger partial charge in [-0.25, -0.2) is 0 Å². The molecular weight excluding hydrogens is 296 g/mol. The molecule has 0 aliphatic rings. The molecule has 4 nitrogen and oxygen atoms in total. The van der Waals surface area contributed by atoms with Gasteiger partial charge >= 0.3 is 0 Å². The number of benzene rings is 1. The van der Waals surface area contributed by atoms with E-state index in [2.05, 4.69) is 15.9 Å². The fourth-order valence-electron chi connectivity index (χ4n) is 1.77. The highest BCUT2D eigenvalue weighted by Crippen LogP contribution is 2.24. The van der Waals surface area contributed by atoms with Crippen LogP contribution in [0.15, 0.2) is 22.7 Å². The van der Waals surface area contributed by atoms with Gasteiger partial charge in [0.15, 0.2) is 6.29 Å². The molecule has 0 heterocycles. The predicted octanol–water partition coefficient (Wildman–Crippen LogP) is 2.21. The summed E-state index contributed by atoms with van der Waals surface area (Å²) in [5.41, 5.74) is 6.54. The Morgan fingerprint density at radius 3 is 2.67 bits per heavy atom. The number of anilines is 1. The second-order valence-corrected chi connectivity index (χ2v) is 5.48. The summed E-state index contributed by atoms with van der Waals surface area (Å²) in [6.45, 7) is 4.87. The van der Waals surface area contributed by atoms with E-state index in [4.69, 9.17) is 5.73 Å². The number of nitrogens with zero attached hydrogens (tertiary/aromatic N) is 1. The van der Waals surface area contributed by atoms with Crippen LogP contribution >= 0.6 is 15.9 Å². The number of hydrogen-bond acceptors (Lipinski definition) is 3. The second-order valence-electron chi connectivity index (χ2n) is 4.56. The van der Waals surface area contributed by atoms with E-state index in [0.29, 0.717) is 18.0 Å². The molecule has 0 fully saturated rings. The largest absolute Gasteiger partial charge is 0.368 e. The molecule has 0 aliphatic carbocycles. The average Bonchev–Trinajstić information content (AvgIpc) is 2.26. The number of aldehydes is 1. The van der Waals surface area contributed by atoms with Crippen molar-refractivity contribution in [1.82, 2.24) is 0 Å². The first kappa shape index (κ1) is 14.7. The smallest absolute Gasteiger partial charge is 0.236 e. The Morgan fingerprint density at radius 1 is 1.50 bits per heavy atom. The molecule has 5 heteroatoms. The molecule has 18 heavy (non-hydrogen) atoms. The van der Waals surface area contributed by atoms with Crippen molar-refractivity contribution in [3.63, 3.8) is 0 Å². The Morgan fingerprint density at radius 2 is 2.17 bits per heavy atom. The van der Waals surface area contributed by atoms with Gasteiger partial charge in [0.05, 0.1) is 6.54 Å². The maximum atomic E-state index is 11.1. The van der Waals surface area contributed by atoms with Gasteiger partial charge in [-0.15, -0.1) is 0 Å². The highest BCUT2D eigenvalue weighted by molar-refractivity contribution is 9.10. The normalized spacial score (nSPS) is 10.4. The lowest BCUT2D eigenvalue weighted by atomic mass is 10.1. The van der Waals surface area contributed by atoms with Crippen LogP contribution in [0.1, 0.15) is 24.2 Å². The van der Waals surface area contributed by atoms with Crippen LogP contribution in [0.25, 0.3) is 0 Å². The molecule has 0 aliphatic heterocycles. The van der Waals surface area contributed by atoms with Gasteiger partial charge in [-0.3, -0.25) is 9.59 Å². The van der Waals surface area contributed by atoms with Crippen LogP contribution < -0.4 is 10.6 Å². The third-order valence-electron chi connectivity index (χ3n) is 2.39. The number of rotatable bonds is 6. The first-order chi connectivity index (χ1) is 8.43. The lowest BCUT2D eigenvalue weighted by molar-refractivity contribution is -0.116. The van der Waals surface area contributed by atoms with E-state index in [1.165, 1.54) is 0 Å². The minimum absolute atomic E-state index is 0.107. The van der Waals surface area contributed by atoms with Crippen LogP contribution in [-0.4, -0.2) is 25.3 Å². The number of amides is 1. The Bertz CT molecular complexity index is 447. The zero-order valence-corrected chi connectivity index (χ0v) is 12.1. The molecule has 0 unspecified atom stereocenters. The Kier molecular flexibility index (Phi) is 5.34. The van der Waals surface area contributed by atoms with E-state index >= 15 is 0 Å². The van der Waals surface area contributed by atoms with E-state index in [9.17, 15) is 9.59 Å². The monoisotopic (exact) mass is 312 g/mol. The summed E-state index contributed by atoms with van der Waals surface area (Å²) >= 11 is 3.37. The van der Waals surface area contributed by atoms with Crippen molar-refractivity contribution in [2.24, 2.45) is 11.7 Å². The number of carbonyl (C=O) groups is 2. The van der Waals surface area contributed by atoms with Gasteiger partial charge in [0.25, 0.3) is 0 Å². The van der Waals surface area contributed by atoms with Crippen molar-refractivity contribution in [1.29, 1.82) is 0 Å². The van der Waals surface area contributed by atoms with Gasteiger partial charge in [-0.1, -0.05) is 29.8 Å². The summed E-state index contributed by atoms with van der Waals surface area (Å²) in [5, 5.41) is 0. The predicted molar refractivity (Wildman–Crippen MR) is 75.8 cm³/mol. The SMILES string of the molecule is CC(C)CN(CC(N)=O)c1cc(Br)ccc1C=O. The van der Waals surface area contributed by atoms with Gasteiger partial charge in [0, 0.05) is 22.3 Å². The second kappa shape index (κ2) is 6.54. The van der Waals surface area contributed by atoms with Gasteiger partial charge in [0.1, 0.15) is 0 Å². The van der Waals surface area contributed by atoms with Crippen molar-refractivity contribution in [3.05, 3.63) is 28.2 Å². The number of primary amides is 1. The van der Waals surface area contributed by atoms with Crippen molar-refractivity contribution in [2.75, 3.05) is 18.0 Å². The van der Waals surface area contributed by atoms with Crippen LogP contribution in [0, 0.1) is 5.92 Å². The van der Waals surface area contributed by atoms with E-state index in [1.54, 1.807) is 12.1 Å². The molecule has 0 bridgehead atoms. The standard InChI is InChI=1S/C13H17BrN2O2/c1-9(2)6-16(7-13(15)18)12-5-11(14)4-3-10(12)8-17/h3-5,8-9H,6-7H2,1-2H3,(H2,15,18). The molecule has 98 valence electrons. The highest BCUT2D eigenvalue weighted by atomic mass is 79.9. The first-order valence-corrected chi connectivity index (χ1v) is 6.51. The van der Waals surface area contributed by atoms with E-state index in [0.717, 1.165) is 16.4 Å². The maximum absolute atomic E-state index is 11.1. The third kappa shape index (κ3) is 4.14. The summed E-state index contributed by atoms with van der Waals surface area (Å²) < 4.78 is 0.862. The lowest BCUT2D eigenvalue weighted by Gasteiger charge is -2.26. The van der Waals surface area contributed by atoms with Crippen LogP contribution in [0.3, 0.4) is 0 Å². The Balaban J connectivity index is 3.13. The highest BCUT2D eigenvalue weighted by Gasteiger charge is 2.15. The van der Waals surface area contributed by atoms with Crippen LogP contribution in [0.4, 0.5) is 5.69 Å². The third-order valence-corrected chi connectivity index (χ3v) is 2.89. The van der Waals surface area contributed by atoms with E-state index in [1.807, 2.05) is 24.8 Å². The van der Waals surface area contributed by atoms with Crippen molar-refractivity contribution < 1.29 is 9.59 Å². The van der Waals surface area contributed by atoms with Gasteiger partial charge in [0.2, 0.25) is 5.91 Å². The maximum Gasteiger partial charge on any atom is 0.236 e. The molecule has 0 saturated carbocycles. The van der Waals surface area contributed by atoms with E-state index < -0.39 is 5.91 Å². The minimum Gasteiger partial charge on any atom is -0.368 e. The number of carbonyl (C=O) groups excluding carboxylic acids is 2. The van der Waals surface area contributed by atoms with Crippen LogP contribution in [0.2, 0.25) is 0 Å². The van der Waals surface area contributed by atoms with Gasteiger partial charge in [-0.2, -0.15) is 0 Å². The molecule has 1 aromatic carbocycles. The summed E-state index contributed by atoms with van der Waals surface area (Å²) in [5.74, 6) is -0.0460. The molecule has 1 amide bonds. The molecule has 0 spiro atoms. The van der Waals surface area contributed by atoms with Crippen LogP contribution in [0.5, 0.6) is 0 Å². The average molecular weight is 313 g/mol. The summed E-state index contributed by atoms with van der Waals surface area (Å²) in [7, 11) is 0. The topological polar surface area (TPSA) is 63.4 Å². The summed E-state index contributed by atoms with van der Waals surface area (Å²) in [6, 6.07) is 5.35. The molecule has 0 atom stereocenters. The summed E-state index contributed by atoms with van der Waals surface area (Å²) in [4.78, 5) is 24.0. The molecule has 1 rings (SSSR count). The van der Waals surface area contributed by atoms with Gasteiger partial charge < -0.3 is 10.6 Å². The molecule has 0 aromatic heterocycles. The van der Waals surface area contributed by atoms with Crippen LogP contribution in [-0.2, 0) is 4.79 Å². The van der Waals surface area contributed by atoms with Crippen molar-refractivity contribution in [3.8, 4) is 0 Å². The van der Waals surface area contributed by atoms with Gasteiger partial charge in [-0.05, 0) is 24.1 Å². The molecule has 2 N–H and O–H groups in total. The number of halogens is 1. The zero-order valence-electron chi connectivity index (χ0n) is 10.5. The number of nitrogens with two attached hydrogens (primary N) is 1. The zero-order chi connectivity index (χ0) is 13.7. The Labute approximate surface area is 115 Å². The van der Waals surface area contributed by atoms with Crippen molar-refractivity contribution >= 4 is 33.8 Å². The summed E-state index contributed by atoms with van der Waals surface area (Å²) in [6.07, 6.45) is 0.788.